The molecule has 0 bridgehead atoms. The number of rotatable bonds is 3. The minimum atomic E-state index is -4.12. The van der Waals surface area contributed by atoms with E-state index in [9.17, 15) is 17.6 Å². The number of amides is 1. The second kappa shape index (κ2) is 5.90. The Balaban J connectivity index is 2.47. The Hall–Kier alpha value is -1.19. The SMILES string of the molecule is CNC(=O)C1CCCN1S(=O)(=O)c1cc(N)c(Br)cc1F. The zero-order valence-corrected chi connectivity index (χ0v) is 13.7. The van der Waals surface area contributed by atoms with Crippen LogP contribution in [-0.4, -0.2) is 38.3 Å². The van der Waals surface area contributed by atoms with Crippen LogP contribution in [0.15, 0.2) is 21.5 Å². The van der Waals surface area contributed by atoms with E-state index in [1.165, 1.54) is 7.05 Å². The number of nitrogens with two attached hydrogens (primary N) is 1. The summed E-state index contributed by atoms with van der Waals surface area (Å²) in [6.45, 7) is 0.176. The van der Waals surface area contributed by atoms with Crippen molar-refractivity contribution >= 4 is 37.5 Å². The van der Waals surface area contributed by atoms with Crippen molar-refractivity contribution in [1.29, 1.82) is 0 Å². The number of hydrogen-bond donors (Lipinski definition) is 2. The predicted molar refractivity (Wildman–Crippen MR) is 79.5 cm³/mol. The molecule has 1 heterocycles. The first-order valence-electron chi connectivity index (χ1n) is 6.27. The van der Waals surface area contributed by atoms with Crippen molar-refractivity contribution in [3.05, 3.63) is 22.4 Å². The van der Waals surface area contributed by atoms with E-state index < -0.39 is 32.7 Å². The smallest absolute Gasteiger partial charge is 0.246 e. The standard InChI is InChI=1S/C12H15BrFN3O3S/c1-16-12(18)10-3-2-4-17(10)21(19,20)11-6-9(15)7(13)5-8(11)14/h5-6,10H,2-4,15H2,1H3,(H,16,18). The number of nitrogen functional groups attached to an aromatic ring is 1. The van der Waals surface area contributed by atoms with E-state index in [0.29, 0.717) is 12.8 Å². The van der Waals surface area contributed by atoms with Gasteiger partial charge < -0.3 is 11.1 Å². The highest BCUT2D eigenvalue weighted by Crippen LogP contribution is 2.31. The second-order valence-corrected chi connectivity index (χ2v) is 7.41. The van der Waals surface area contributed by atoms with Gasteiger partial charge in [0.1, 0.15) is 16.8 Å². The van der Waals surface area contributed by atoms with Crippen molar-refractivity contribution in [2.45, 2.75) is 23.8 Å². The van der Waals surface area contributed by atoms with Gasteiger partial charge in [-0.15, -0.1) is 0 Å². The zero-order valence-electron chi connectivity index (χ0n) is 11.3. The maximum absolute atomic E-state index is 14.0. The van der Waals surface area contributed by atoms with Crippen molar-refractivity contribution in [3.63, 3.8) is 0 Å². The molecular formula is C12H15BrFN3O3S. The predicted octanol–water partition coefficient (Wildman–Crippen LogP) is 1.07. The third kappa shape index (κ3) is 2.90. The lowest BCUT2D eigenvalue weighted by Gasteiger charge is -2.23. The van der Waals surface area contributed by atoms with E-state index >= 15 is 0 Å². The number of benzene rings is 1. The number of halogens is 2. The van der Waals surface area contributed by atoms with E-state index in [2.05, 4.69) is 21.2 Å². The summed E-state index contributed by atoms with van der Waals surface area (Å²) in [4.78, 5) is 11.3. The summed E-state index contributed by atoms with van der Waals surface area (Å²) in [5.41, 5.74) is 5.75. The first-order chi connectivity index (χ1) is 9.78. The van der Waals surface area contributed by atoms with Gasteiger partial charge in [0.05, 0.1) is 0 Å². The number of carbonyl (C=O) groups excluding carboxylic acids is 1. The summed E-state index contributed by atoms with van der Waals surface area (Å²) in [6, 6.07) is 1.26. The van der Waals surface area contributed by atoms with Crippen LogP contribution in [0.1, 0.15) is 12.8 Å². The number of sulfonamides is 1. The summed E-state index contributed by atoms with van der Waals surface area (Å²) >= 11 is 3.04. The summed E-state index contributed by atoms with van der Waals surface area (Å²) in [5, 5.41) is 2.42. The lowest BCUT2D eigenvalue weighted by molar-refractivity contribution is -0.123. The maximum atomic E-state index is 14.0. The van der Waals surface area contributed by atoms with E-state index in [-0.39, 0.29) is 16.7 Å². The molecule has 3 N–H and O–H groups in total. The molecule has 1 amide bonds. The van der Waals surface area contributed by atoms with Crippen LogP contribution in [0.25, 0.3) is 0 Å². The average Bonchev–Trinajstić information content (AvgIpc) is 2.91. The molecule has 116 valence electrons. The van der Waals surface area contributed by atoms with E-state index in [1.54, 1.807) is 0 Å². The third-order valence-electron chi connectivity index (χ3n) is 3.39. The Bertz CT molecular complexity index is 681. The number of carbonyl (C=O) groups is 1. The van der Waals surface area contributed by atoms with E-state index in [0.717, 1.165) is 16.4 Å². The molecule has 9 heteroatoms. The lowest BCUT2D eigenvalue weighted by atomic mass is 10.2. The average molecular weight is 380 g/mol. The summed E-state index contributed by atoms with van der Waals surface area (Å²) in [7, 11) is -2.68. The molecule has 1 atom stereocenters. The number of hydrogen-bond acceptors (Lipinski definition) is 4. The fourth-order valence-corrected chi connectivity index (χ4v) is 4.38. The highest BCUT2D eigenvalue weighted by atomic mass is 79.9. The zero-order chi connectivity index (χ0) is 15.8. The van der Waals surface area contributed by atoms with Crippen LogP contribution < -0.4 is 11.1 Å². The Morgan fingerprint density at radius 2 is 2.19 bits per heavy atom. The van der Waals surface area contributed by atoms with Gasteiger partial charge in [0.15, 0.2) is 0 Å². The molecule has 0 radical (unpaired) electrons. The normalized spacial score (nSPS) is 19.7. The molecule has 1 saturated heterocycles. The molecule has 0 saturated carbocycles. The molecule has 1 aliphatic heterocycles. The van der Waals surface area contributed by atoms with Gasteiger partial charge in [-0.1, -0.05) is 0 Å². The van der Waals surface area contributed by atoms with Gasteiger partial charge in [-0.25, -0.2) is 12.8 Å². The van der Waals surface area contributed by atoms with Crippen LogP contribution in [0.4, 0.5) is 10.1 Å². The van der Waals surface area contributed by atoms with Crippen LogP contribution in [0.2, 0.25) is 0 Å². The van der Waals surface area contributed by atoms with Gasteiger partial charge in [-0.05, 0) is 40.9 Å². The minimum absolute atomic E-state index is 0.116. The summed E-state index contributed by atoms with van der Waals surface area (Å²) < 4.78 is 40.5. The molecule has 1 aliphatic rings. The van der Waals surface area contributed by atoms with Crippen LogP contribution >= 0.6 is 15.9 Å². The van der Waals surface area contributed by atoms with Gasteiger partial charge in [-0.2, -0.15) is 4.31 Å². The van der Waals surface area contributed by atoms with Gasteiger partial charge in [-0.3, -0.25) is 4.79 Å². The van der Waals surface area contributed by atoms with Crippen LogP contribution in [0.3, 0.4) is 0 Å². The van der Waals surface area contributed by atoms with Crippen molar-refractivity contribution in [1.82, 2.24) is 9.62 Å². The van der Waals surface area contributed by atoms with Crippen molar-refractivity contribution in [2.75, 3.05) is 19.3 Å². The number of nitrogens with one attached hydrogen (secondary N) is 1. The molecular weight excluding hydrogens is 365 g/mol. The molecule has 0 aromatic heterocycles. The third-order valence-corrected chi connectivity index (χ3v) is 6.00. The molecule has 6 nitrogen and oxygen atoms in total. The van der Waals surface area contributed by atoms with Crippen LogP contribution in [0.5, 0.6) is 0 Å². The number of likely N-dealkylation sites (N-methyl/N-ethyl adjacent to an activating group) is 1. The molecule has 0 aliphatic carbocycles. The topological polar surface area (TPSA) is 92.5 Å². The van der Waals surface area contributed by atoms with Crippen LogP contribution in [-0.2, 0) is 14.8 Å². The molecule has 2 rings (SSSR count). The molecule has 1 aromatic rings. The number of nitrogens with zero attached hydrogens (tertiary/aromatic N) is 1. The maximum Gasteiger partial charge on any atom is 0.246 e. The van der Waals surface area contributed by atoms with Crippen molar-refractivity contribution < 1.29 is 17.6 Å². The Morgan fingerprint density at radius 3 is 2.81 bits per heavy atom. The Kier molecular flexibility index (Phi) is 4.54. The van der Waals surface area contributed by atoms with Gasteiger partial charge >= 0.3 is 0 Å². The molecule has 21 heavy (non-hydrogen) atoms. The van der Waals surface area contributed by atoms with Crippen molar-refractivity contribution in [2.24, 2.45) is 0 Å². The Morgan fingerprint density at radius 1 is 1.52 bits per heavy atom. The van der Waals surface area contributed by atoms with E-state index in [1.807, 2.05) is 0 Å². The Labute approximate surface area is 130 Å². The number of anilines is 1. The first kappa shape index (κ1) is 16.2. The first-order valence-corrected chi connectivity index (χ1v) is 8.50. The van der Waals surface area contributed by atoms with Crippen LogP contribution in [0, 0.1) is 5.82 Å². The molecule has 1 fully saturated rings. The second-order valence-electron chi connectivity index (χ2n) is 4.69. The molecule has 1 unspecified atom stereocenters. The molecule has 0 spiro atoms. The van der Waals surface area contributed by atoms with Gasteiger partial charge in [0.25, 0.3) is 0 Å². The lowest BCUT2D eigenvalue weighted by Crippen LogP contribution is -2.45. The van der Waals surface area contributed by atoms with Gasteiger partial charge in [0.2, 0.25) is 15.9 Å². The van der Waals surface area contributed by atoms with E-state index in [4.69, 9.17) is 5.73 Å². The largest absolute Gasteiger partial charge is 0.398 e. The quantitative estimate of drug-likeness (QED) is 0.768. The van der Waals surface area contributed by atoms with Crippen molar-refractivity contribution in [3.8, 4) is 0 Å². The summed E-state index contributed by atoms with van der Waals surface area (Å²) in [6.07, 6.45) is 0.956. The fraction of sp³-hybridized carbons (Fsp3) is 0.417. The fourth-order valence-electron chi connectivity index (χ4n) is 2.33. The highest BCUT2D eigenvalue weighted by molar-refractivity contribution is 9.10. The van der Waals surface area contributed by atoms with Gasteiger partial charge in [0, 0.05) is 23.8 Å². The summed E-state index contributed by atoms with van der Waals surface area (Å²) in [5.74, 6) is -1.31. The monoisotopic (exact) mass is 379 g/mol. The molecule has 1 aromatic carbocycles. The minimum Gasteiger partial charge on any atom is -0.398 e. The highest BCUT2D eigenvalue weighted by Gasteiger charge is 2.40.